The van der Waals surface area contributed by atoms with Crippen LogP contribution in [0.4, 0.5) is 4.39 Å². The number of amides is 2. The van der Waals surface area contributed by atoms with E-state index in [4.69, 9.17) is 0 Å². The summed E-state index contributed by atoms with van der Waals surface area (Å²) in [4.78, 5) is 27.5. The first kappa shape index (κ1) is 27.5. The molecule has 0 fully saturated rings. The van der Waals surface area contributed by atoms with Gasteiger partial charge in [0.25, 0.3) is 0 Å². The molecule has 0 aliphatic rings. The number of halogens is 1. The van der Waals surface area contributed by atoms with Crippen molar-refractivity contribution in [2.75, 3.05) is 19.3 Å². The van der Waals surface area contributed by atoms with Gasteiger partial charge < -0.3 is 10.2 Å². The van der Waals surface area contributed by atoms with Gasteiger partial charge in [0.05, 0.1) is 12.8 Å². The molecule has 0 saturated heterocycles. The smallest absolute Gasteiger partial charge is 0.242 e. The number of sulfonamides is 1. The van der Waals surface area contributed by atoms with E-state index in [1.54, 1.807) is 43.3 Å². The summed E-state index contributed by atoms with van der Waals surface area (Å²) < 4.78 is 39.3. The Bertz CT molecular complexity index is 1030. The lowest BCUT2D eigenvalue weighted by Gasteiger charge is -2.31. The van der Waals surface area contributed by atoms with Crippen molar-refractivity contribution in [3.8, 4) is 0 Å². The van der Waals surface area contributed by atoms with Gasteiger partial charge in [-0.05, 0) is 36.6 Å². The number of carbonyl (C=O) groups is 2. The third kappa shape index (κ3) is 8.87. The van der Waals surface area contributed by atoms with E-state index < -0.39 is 34.3 Å². The standard InChI is InChI=1S/C25H34FN3O4S/c1-4-5-9-16-27-25(31)20(2)29(18-22-12-14-23(26)15-13-22)24(30)19-28(34(3,32)33)17-21-10-7-6-8-11-21/h6-8,10-15,20H,4-5,9,16-19H2,1-3H3,(H,27,31). The van der Waals surface area contributed by atoms with Crippen molar-refractivity contribution in [1.29, 1.82) is 0 Å². The second kappa shape index (κ2) is 13.2. The third-order valence-electron chi connectivity index (χ3n) is 5.50. The van der Waals surface area contributed by atoms with E-state index in [1.807, 2.05) is 6.07 Å². The SMILES string of the molecule is CCCCCNC(=O)C(C)N(Cc1ccc(F)cc1)C(=O)CN(Cc1ccccc1)S(C)(=O)=O. The van der Waals surface area contributed by atoms with Crippen LogP contribution in [0.25, 0.3) is 0 Å². The number of carbonyl (C=O) groups excluding carboxylic acids is 2. The fraction of sp³-hybridized carbons (Fsp3) is 0.440. The number of benzene rings is 2. The van der Waals surface area contributed by atoms with E-state index in [9.17, 15) is 22.4 Å². The maximum Gasteiger partial charge on any atom is 0.242 e. The van der Waals surface area contributed by atoms with E-state index in [0.717, 1.165) is 35.4 Å². The van der Waals surface area contributed by atoms with Crippen LogP contribution in [0.15, 0.2) is 54.6 Å². The number of hydrogen-bond acceptors (Lipinski definition) is 4. The molecular formula is C25H34FN3O4S. The van der Waals surface area contributed by atoms with Crippen molar-refractivity contribution in [3.63, 3.8) is 0 Å². The Kier molecular flexibility index (Phi) is 10.7. The molecule has 2 aromatic carbocycles. The van der Waals surface area contributed by atoms with Crippen molar-refractivity contribution in [3.05, 3.63) is 71.5 Å². The normalized spacial score (nSPS) is 12.4. The third-order valence-corrected chi connectivity index (χ3v) is 6.69. The molecule has 0 bridgehead atoms. The Labute approximate surface area is 202 Å². The first-order valence-electron chi connectivity index (χ1n) is 11.4. The Morgan fingerprint density at radius 2 is 1.59 bits per heavy atom. The zero-order valence-corrected chi connectivity index (χ0v) is 20.9. The maximum atomic E-state index is 13.4. The highest BCUT2D eigenvalue weighted by atomic mass is 32.2. The average molecular weight is 492 g/mol. The van der Waals surface area contributed by atoms with Crippen LogP contribution in [0.1, 0.15) is 44.2 Å². The average Bonchev–Trinajstić information content (AvgIpc) is 2.80. The van der Waals surface area contributed by atoms with E-state index >= 15 is 0 Å². The highest BCUT2D eigenvalue weighted by molar-refractivity contribution is 7.88. The van der Waals surface area contributed by atoms with Crippen LogP contribution in [-0.2, 0) is 32.7 Å². The lowest BCUT2D eigenvalue weighted by atomic mass is 10.1. The van der Waals surface area contributed by atoms with Gasteiger partial charge in [-0.1, -0.05) is 62.2 Å². The fourth-order valence-corrected chi connectivity index (χ4v) is 4.15. The van der Waals surface area contributed by atoms with Crippen LogP contribution >= 0.6 is 0 Å². The van der Waals surface area contributed by atoms with Gasteiger partial charge in [-0.25, -0.2) is 12.8 Å². The number of nitrogens with one attached hydrogen (secondary N) is 1. The number of unbranched alkanes of at least 4 members (excludes halogenated alkanes) is 2. The summed E-state index contributed by atoms with van der Waals surface area (Å²) in [5.74, 6) is -1.24. The van der Waals surface area contributed by atoms with Crippen molar-refractivity contribution >= 4 is 21.8 Å². The molecule has 1 N–H and O–H groups in total. The van der Waals surface area contributed by atoms with Crippen molar-refractivity contribution < 1.29 is 22.4 Å². The summed E-state index contributed by atoms with van der Waals surface area (Å²) in [5.41, 5.74) is 1.38. The second-order valence-corrected chi connectivity index (χ2v) is 10.3. The van der Waals surface area contributed by atoms with Gasteiger partial charge in [-0.3, -0.25) is 9.59 Å². The van der Waals surface area contributed by atoms with E-state index in [-0.39, 0.29) is 19.0 Å². The molecule has 9 heteroatoms. The highest BCUT2D eigenvalue weighted by Gasteiger charge is 2.29. The topological polar surface area (TPSA) is 86.8 Å². The number of nitrogens with zero attached hydrogens (tertiary/aromatic N) is 2. The van der Waals surface area contributed by atoms with E-state index in [2.05, 4.69) is 12.2 Å². The summed E-state index contributed by atoms with van der Waals surface area (Å²) in [7, 11) is -3.70. The molecule has 0 aliphatic carbocycles. The van der Waals surface area contributed by atoms with Gasteiger partial charge >= 0.3 is 0 Å². The van der Waals surface area contributed by atoms with E-state index in [1.165, 1.54) is 17.0 Å². The molecule has 1 atom stereocenters. The van der Waals surface area contributed by atoms with E-state index in [0.29, 0.717) is 12.1 Å². The van der Waals surface area contributed by atoms with Crippen LogP contribution in [0.5, 0.6) is 0 Å². The minimum atomic E-state index is -3.70. The summed E-state index contributed by atoms with van der Waals surface area (Å²) in [6.07, 6.45) is 3.89. The summed E-state index contributed by atoms with van der Waals surface area (Å²) in [5, 5.41) is 2.85. The molecule has 0 radical (unpaired) electrons. The first-order valence-corrected chi connectivity index (χ1v) is 13.3. The minimum absolute atomic E-state index is 0.0351. The Morgan fingerprint density at radius 1 is 0.971 bits per heavy atom. The number of hydrogen-bond donors (Lipinski definition) is 1. The quantitative estimate of drug-likeness (QED) is 0.436. The van der Waals surface area contributed by atoms with Gasteiger partial charge in [0.1, 0.15) is 11.9 Å². The summed E-state index contributed by atoms with van der Waals surface area (Å²) >= 11 is 0. The molecule has 34 heavy (non-hydrogen) atoms. The molecule has 2 amide bonds. The monoisotopic (exact) mass is 491 g/mol. The van der Waals surface area contributed by atoms with Crippen LogP contribution in [0.3, 0.4) is 0 Å². The zero-order valence-electron chi connectivity index (χ0n) is 20.0. The zero-order chi connectivity index (χ0) is 25.1. The Morgan fingerprint density at radius 3 is 2.18 bits per heavy atom. The highest BCUT2D eigenvalue weighted by Crippen LogP contribution is 2.14. The van der Waals surface area contributed by atoms with Crippen LogP contribution in [0, 0.1) is 5.82 Å². The molecule has 1 unspecified atom stereocenters. The lowest BCUT2D eigenvalue weighted by molar-refractivity contribution is -0.140. The van der Waals surface area contributed by atoms with Gasteiger partial charge in [0, 0.05) is 19.6 Å². The second-order valence-electron chi connectivity index (χ2n) is 8.34. The summed E-state index contributed by atoms with van der Waals surface area (Å²) in [6, 6.07) is 13.8. The predicted octanol–water partition coefficient (Wildman–Crippen LogP) is 3.31. The molecular weight excluding hydrogens is 457 g/mol. The van der Waals surface area contributed by atoms with Crippen LogP contribution in [0.2, 0.25) is 0 Å². The molecule has 0 saturated carbocycles. The van der Waals surface area contributed by atoms with Gasteiger partial charge in [0.2, 0.25) is 21.8 Å². The predicted molar refractivity (Wildman–Crippen MR) is 131 cm³/mol. The minimum Gasteiger partial charge on any atom is -0.354 e. The van der Waals surface area contributed by atoms with Crippen molar-refractivity contribution in [1.82, 2.24) is 14.5 Å². The molecule has 2 rings (SSSR count). The van der Waals surface area contributed by atoms with Gasteiger partial charge in [-0.15, -0.1) is 0 Å². The molecule has 0 aromatic heterocycles. The van der Waals surface area contributed by atoms with Gasteiger partial charge in [0.15, 0.2) is 0 Å². The summed E-state index contributed by atoms with van der Waals surface area (Å²) in [6.45, 7) is 3.84. The molecule has 186 valence electrons. The van der Waals surface area contributed by atoms with Crippen molar-refractivity contribution in [2.45, 2.75) is 52.2 Å². The van der Waals surface area contributed by atoms with Crippen LogP contribution in [-0.4, -0.2) is 54.8 Å². The molecule has 0 aliphatic heterocycles. The first-order chi connectivity index (χ1) is 16.1. The Balaban J connectivity index is 2.23. The molecule has 2 aromatic rings. The van der Waals surface area contributed by atoms with Crippen molar-refractivity contribution in [2.24, 2.45) is 0 Å². The molecule has 7 nitrogen and oxygen atoms in total. The van der Waals surface area contributed by atoms with Gasteiger partial charge in [-0.2, -0.15) is 4.31 Å². The maximum absolute atomic E-state index is 13.4. The largest absolute Gasteiger partial charge is 0.354 e. The lowest BCUT2D eigenvalue weighted by Crippen LogP contribution is -2.51. The molecule has 0 heterocycles. The van der Waals surface area contributed by atoms with Crippen LogP contribution < -0.4 is 5.32 Å². The fourth-order valence-electron chi connectivity index (χ4n) is 3.42. The number of rotatable bonds is 13. The Hall–Kier alpha value is -2.78. The molecule has 0 spiro atoms.